The van der Waals surface area contributed by atoms with Gasteiger partial charge in [-0.05, 0) is 56.6 Å². The highest BCUT2D eigenvalue weighted by Gasteiger charge is 2.47. The Morgan fingerprint density at radius 1 is 1.17 bits per heavy atom. The Morgan fingerprint density at radius 2 is 1.83 bits per heavy atom. The van der Waals surface area contributed by atoms with Crippen LogP contribution in [0.1, 0.15) is 76.0 Å². The summed E-state index contributed by atoms with van der Waals surface area (Å²) in [5, 5.41) is 0. The number of sulfonamides is 1. The van der Waals surface area contributed by atoms with E-state index in [0.717, 1.165) is 36.8 Å². The van der Waals surface area contributed by atoms with Crippen molar-refractivity contribution in [3.8, 4) is 0 Å². The molecule has 1 unspecified atom stereocenters. The second kappa shape index (κ2) is 8.96. The highest BCUT2D eigenvalue weighted by Crippen LogP contribution is 2.43. The van der Waals surface area contributed by atoms with E-state index in [4.69, 9.17) is 4.74 Å². The first-order chi connectivity index (χ1) is 13.7. The molecule has 0 spiro atoms. The molecule has 6 nitrogen and oxygen atoms in total. The molecule has 1 heterocycles. The molecule has 0 amide bonds. The van der Waals surface area contributed by atoms with E-state index in [1.165, 1.54) is 0 Å². The third-order valence-electron chi connectivity index (χ3n) is 6.31. The lowest BCUT2D eigenvalue weighted by molar-refractivity contribution is -0.178. The Labute approximate surface area is 173 Å². The molecule has 7 heteroatoms. The van der Waals surface area contributed by atoms with Crippen molar-refractivity contribution in [2.24, 2.45) is 5.92 Å². The van der Waals surface area contributed by atoms with Crippen LogP contribution in [0.4, 0.5) is 0 Å². The molecule has 1 aromatic carbocycles. The number of carbonyl (C=O) groups is 2. The number of esters is 1. The van der Waals surface area contributed by atoms with Gasteiger partial charge in [0, 0.05) is 12.5 Å². The molecule has 1 saturated heterocycles. The number of carbonyl (C=O) groups excluding carboxylic acids is 2. The zero-order valence-corrected chi connectivity index (χ0v) is 18.1. The largest absolute Gasteiger partial charge is 0.458 e. The molecule has 1 N–H and O–H groups in total. The zero-order valence-electron chi connectivity index (χ0n) is 17.3. The van der Waals surface area contributed by atoms with Crippen molar-refractivity contribution >= 4 is 21.8 Å². The van der Waals surface area contributed by atoms with Gasteiger partial charge in [-0.1, -0.05) is 37.1 Å². The minimum atomic E-state index is -3.26. The SMILES string of the molecule is CCS(=O)(=O)N[C@H](C)c1ccc(CCC2(C3CCCC3)CC(=O)CC(=O)O2)cc1. The fourth-order valence-electron chi connectivity index (χ4n) is 4.63. The topological polar surface area (TPSA) is 89.5 Å². The first-order valence-corrected chi connectivity index (χ1v) is 12.2. The molecule has 0 aromatic heterocycles. The van der Waals surface area contributed by atoms with Gasteiger partial charge in [0.1, 0.15) is 17.8 Å². The first-order valence-electron chi connectivity index (χ1n) is 10.6. The van der Waals surface area contributed by atoms with Gasteiger partial charge in [-0.25, -0.2) is 13.1 Å². The van der Waals surface area contributed by atoms with Crippen LogP contribution in [0.15, 0.2) is 24.3 Å². The maximum Gasteiger partial charge on any atom is 0.313 e. The van der Waals surface area contributed by atoms with Crippen LogP contribution in [-0.2, 0) is 30.8 Å². The summed E-state index contributed by atoms with van der Waals surface area (Å²) < 4.78 is 32.0. The number of ketones is 1. The van der Waals surface area contributed by atoms with Gasteiger partial charge < -0.3 is 4.74 Å². The molecule has 1 aliphatic heterocycles. The molecule has 2 atom stereocenters. The fourth-order valence-corrected chi connectivity index (χ4v) is 5.47. The fraction of sp³-hybridized carbons (Fsp3) is 0.636. The minimum absolute atomic E-state index is 0.0134. The van der Waals surface area contributed by atoms with Gasteiger partial charge in [0.2, 0.25) is 10.0 Å². The first kappa shape index (κ1) is 22.0. The summed E-state index contributed by atoms with van der Waals surface area (Å²) in [6.45, 7) is 3.44. The van der Waals surface area contributed by atoms with Crippen LogP contribution in [0.5, 0.6) is 0 Å². The van der Waals surface area contributed by atoms with E-state index in [1.807, 2.05) is 31.2 Å². The van der Waals surface area contributed by atoms with Crippen LogP contribution in [0, 0.1) is 5.92 Å². The molecule has 0 radical (unpaired) electrons. The number of rotatable bonds is 8. The van der Waals surface area contributed by atoms with Crippen LogP contribution in [0.25, 0.3) is 0 Å². The zero-order chi connectivity index (χ0) is 21.1. The van der Waals surface area contributed by atoms with Crippen LogP contribution >= 0.6 is 0 Å². The summed E-state index contributed by atoms with van der Waals surface area (Å²) in [4.78, 5) is 24.2. The average molecular weight is 422 g/mol. The maximum absolute atomic E-state index is 12.2. The molecule has 1 saturated carbocycles. The van der Waals surface area contributed by atoms with E-state index in [0.29, 0.717) is 19.3 Å². The van der Waals surface area contributed by atoms with Crippen LogP contribution < -0.4 is 4.72 Å². The van der Waals surface area contributed by atoms with Gasteiger partial charge in [0.15, 0.2) is 0 Å². The third kappa shape index (κ3) is 5.45. The molecule has 2 aliphatic rings. The summed E-state index contributed by atoms with van der Waals surface area (Å²) in [6, 6.07) is 7.54. The van der Waals surface area contributed by atoms with E-state index < -0.39 is 15.6 Å². The number of ether oxygens (including phenoxy) is 1. The standard InChI is InChI=1S/C22H31NO5S/c1-3-29(26,27)23-16(2)18-10-8-17(9-11-18)12-13-22(19-6-4-5-7-19)15-20(24)14-21(25)28-22/h8-11,16,19,23H,3-7,12-15H2,1-2H3/t16-,22?/m1/s1. The molecular formula is C22H31NO5S. The van der Waals surface area contributed by atoms with Gasteiger partial charge in [0.25, 0.3) is 0 Å². The van der Waals surface area contributed by atoms with Crippen molar-refractivity contribution in [2.75, 3.05) is 5.75 Å². The van der Waals surface area contributed by atoms with E-state index in [2.05, 4.69) is 4.72 Å². The Morgan fingerprint density at radius 3 is 2.41 bits per heavy atom. The molecule has 0 bridgehead atoms. The van der Waals surface area contributed by atoms with E-state index in [1.54, 1.807) is 6.92 Å². The van der Waals surface area contributed by atoms with Crippen molar-refractivity contribution in [1.82, 2.24) is 4.72 Å². The van der Waals surface area contributed by atoms with E-state index in [-0.39, 0.29) is 35.9 Å². The van der Waals surface area contributed by atoms with Gasteiger partial charge in [0.05, 0.1) is 5.75 Å². The van der Waals surface area contributed by atoms with Crippen molar-refractivity contribution in [3.05, 3.63) is 35.4 Å². The summed E-state index contributed by atoms with van der Waals surface area (Å²) in [7, 11) is -3.26. The number of nitrogens with one attached hydrogen (secondary N) is 1. The van der Waals surface area contributed by atoms with Crippen molar-refractivity contribution < 1.29 is 22.7 Å². The second-order valence-corrected chi connectivity index (χ2v) is 10.4. The Hall–Kier alpha value is -1.73. The Bertz CT molecular complexity index is 824. The number of cyclic esters (lactones) is 1. The molecule has 2 fully saturated rings. The average Bonchev–Trinajstić information content (AvgIpc) is 3.21. The lowest BCUT2D eigenvalue weighted by Crippen LogP contribution is -2.48. The lowest BCUT2D eigenvalue weighted by Gasteiger charge is -2.41. The highest BCUT2D eigenvalue weighted by atomic mass is 32.2. The van der Waals surface area contributed by atoms with Gasteiger partial charge >= 0.3 is 5.97 Å². The van der Waals surface area contributed by atoms with Gasteiger partial charge in [-0.3, -0.25) is 9.59 Å². The summed E-state index contributed by atoms with van der Waals surface area (Å²) in [6.07, 6.45) is 5.85. The van der Waals surface area contributed by atoms with Crippen molar-refractivity contribution in [2.45, 2.75) is 76.9 Å². The van der Waals surface area contributed by atoms with Crippen LogP contribution in [-0.4, -0.2) is 31.5 Å². The van der Waals surface area contributed by atoms with Gasteiger partial charge in [-0.2, -0.15) is 0 Å². The number of benzene rings is 1. The molecule has 3 rings (SSSR count). The van der Waals surface area contributed by atoms with E-state index in [9.17, 15) is 18.0 Å². The molecule has 1 aromatic rings. The van der Waals surface area contributed by atoms with Crippen molar-refractivity contribution in [1.29, 1.82) is 0 Å². The van der Waals surface area contributed by atoms with Crippen LogP contribution in [0.3, 0.4) is 0 Å². The summed E-state index contributed by atoms with van der Waals surface area (Å²) in [5.74, 6) is -0.0876. The summed E-state index contributed by atoms with van der Waals surface area (Å²) in [5.41, 5.74) is 1.33. The predicted octanol–water partition coefficient (Wildman–Crippen LogP) is 3.45. The molecule has 1 aliphatic carbocycles. The Kier molecular flexibility index (Phi) is 6.79. The highest BCUT2D eigenvalue weighted by molar-refractivity contribution is 7.89. The second-order valence-electron chi connectivity index (χ2n) is 8.40. The lowest BCUT2D eigenvalue weighted by atomic mass is 9.76. The predicted molar refractivity (Wildman–Crippen MR) is 111 cm³/mol. The Balaban J connectivity index is 1.68. The smallest absolute Gasteiger partial charge is 0.313 e. The monoisotopic (exact) mass is 421 g/mol. The normalized spacial score (nSPS) is 24.5. The third-order valence-corrected chi connectivity index (χ3v) is 7.78. The number of hydrogen-bond donors (Lipinski definition) is 1. The number of hydrogen-bond acceptors (Lipinski definition) is 5. The number of aryl methyl sites for hydroxylation is 1. The number of Topliss-reactive ketones (excluding diaryl/α,β-unsaturated/α-hetero) is 1. The minimum Gasteiger partial charge on any atom is -0.458 e. The molecule has 29 heavy (non-hydrogen) atoms. The molecule has 160 valence electrons. The van der Waals surface area contributed by atoms with Crippen molar-refractivity contribution in [3.63, 3.8) is 0 Å². The summed E-state index contributed by atoms with van der Waals surface area (Å²) >= 11 is 0. The molecular weight excluding hydrogens is 390 g/mol. The maximum atomic E-state index is 12.2. The van der Waals surface area contributed by atoms with Gasteiger partial charge in [-0.15, -0.1) is 0 Å². The van der Waals surface area contributed by atoms with Crippen LogP contribution in [0.2, 0.25) is 0 Å². The quantitative estimate of drug-likeness (QED) is 0.513. The van der Waals surface area contributed by atoms with E-state index >= 15 is 0 Å².